The maximum absolute atomic E-state index is 12.4. The highest BCUT2D eigenvalue weighted by atomic mass is 32.1. The second-order valence-corrected chi connectivity index (χ2v) is 6.94. The van der Waals surface area contributed by atoms with E-state index in [0.717, 1.165) is 5.82 Å². The van der Waals surface area contributed by atoms with Crippen molar-refractivity contribution < 1.29 is 14.3 Å². The molecule has 1 aliphatic rings. The Kier molecular flexibility index (Phi) is 5.24. The van der Waals surface area contributed by atoms with E-state index in [1.54, 1.807) is 22.5 Å². The third-order valence-corrected chi connectivity index (χ3v) is 5.24. The number of piperazine rings is 1. The van der Waals surface area contributed by atoms with Gasteiger partial charge in [0.15, 0.2) is 6.61 Å². The third-order valence-electron chi connectivity index (χ3n) is 4.36. The minimum absolute atomic E-state index is 0.213. The van der Waals surface area contributed by atoms with Crippen molar-refractivity contribution in [3.63, 3.8) is 0 Å². The van der Waals surface area contributed by atoms with Crippen LogP contribution in [0.4, 0.5) is 5.82 Å². The van der Waals surface area contributed by atoms with Crippen LogP contribution in [0.15, 0.2) is 42.2 Å². The van der Waals surface area contributed by atoms with Gasteiger partial charge in [-0.2, -0.15) is 4.68 Å². The van der Waals surface area contributed by atoms with Crippen LogP contribution in [0.25, 0.3) is 5.69 Å². The van der Waals surface area contributed by atoms with Crippen LogP contribution >= 0.6 is 11.3 Å². The number of anilines is 1. The molecule has 11 heteroatoms. The number of ether oxygens (including phenoxy) is 1. The van der Waals surface area contributed by atoms with Gasteiger partial charge in [0.2, 0.25) is 0 Å². The molecule has 0 aliphatic carbocycles. The predicted molar refractivity (Wildman–Crippen MR) is 100 cm³/mol. The van der Waals surface area contributed by atoms with Gasteiger partial charge in [0.05, 0.1) is 5.69 Å². The van der Waals surface area contributed by atoms with Crippen LogP contribution in [0, 0.1) is 0 Å². The fourth-order valence-corrected chi connectivity index (χ4v) is 3.69. The molecule has 0 saturated carbocycles. The number of thiophene rings is 1. The first-order valence-electron chi connectivity index (χ1n) is 8.64. The van der Waals surface area contributed by atoms with Gasteiger partial charge in [0.1, 0.15) is 17.0 Å². The number of amides is 1. The van der Waals surface area contributed by atoms with Crippen LogP contribution in [-0.2, 0) is 9.53 Å². The lowest BCUT2D eigenvalue weighted by Gasteiger charge is -2.35. The van der Waals surface area contributed by atoms with E-state index in [0.29, 0.717) is 36.7 Å². The SMILES string of the molecule is O=C(OCC(=O)N1CCN(c2ccccn2)CC1)c1sccc1-n1cnnn1. The zero-order chi connectivity index (χ0) is 19.3. The van der Waals surface area contributed by atoms with E-state index in [2.05, 4.69) is 25.4 Å². The van der Waals surface area contributed by atoms with Crippen molar-refractivity contribution in [2.75, 3.05) is 37.7 Å². The van der Waals surface area contributed by atoms with Crippen LogP contribution < -0.4 is 4.90 Å². The Morgan fingerprint density at radius 2 is 2.00 bits per heavy atom. The van der Waals surface area contributed by atoms with Crippen LogP contribution in [0.1, 0.15) is 9.67 Å². The number of carbonyl (C=O) groups excluding carboxylic acids is 2. The second-order valence-electron chi connectivity index (χ2n) is 6.02. The first-order valence-corrected chi connectivity index (χ1v) is 9.52. The Hall–Kier alpha value is -3.34. The Morgan fingerprint density at radius 3 is 2.71 bits per heavy atom. The topological polar surface area (TPSA) is 106 Å². The molecular formula is C17H17N7O3S. The van der Waals surface area contributed by atoms with E-state index in [1.807, 2.05) is 18.2 Å². The van der Waals surface area contributed by atoms with Gasteiger partial charge < -0.3 is 14.5 Å². The minimum atomic E-state index is -0.569. The highest BCUT2D eigenvalue weighted by Gasteiger charge is 2.24. The smallest absolute Gasteiger partial charge is 0.351 e. The molecule has 28 heavy (non-hydrogen) atoms. The minimum Gasteiger partial charge on any atom is -0.451 e. The highest BCUT2D eigenvalue weighted by molar-refractivity contribution is 7.12. The molecule has 1 aliphatic heterocycles. The monoisotopic (exact) mass is 399 g/mol. The molecule has 4 rings (SSSR count). The van der Waals surface area contributed by atoms with Gasteiger partial charge >= 0.3 is 5.97 Å². The van der Waals surface area contributed by atoms with E-state index >= 15 is 0 Å². The molecule has 1 saturated heterocycles. The molecular weight excluding hydrogens is 382 g/mol. The average Bonchev–Trinajstić information content (AvgIpc) is 3.44. The molecule has 3 aromatic heterocycles. The molecule has 0 aromatic carbocycles. The molecule has 0 unspecified atom stereocenters. The number of aromatic nitrogens is 5. The predicted octanol–water partition coefficient (Wildman–Crippen LogP) is 0.624. The third kappa shape index (κ3) is 3.83. The summed E-state index contributed by atoms with van der Waals surface area (Å²) >= 11 is 1.21. The number of carbonyl (C=O) groups is 2. The number of nitrogens with zero attached hydrogens (tertiary/aromatic N) is 7. The summed E-state index contributed by atoms with van der Waals surface area (Å²) in [4.78, 5) is 33.3. The average molecular weight is 399 g/mol. The molecule has 4 heterocycles. The summed E-state index contributed by atoms with van der Waals surface area (Å²) in [7, 11) is 0. The van der Waals surface area contributed by atoms with E-state index in [9.17, 15) is 9.59 Å². The molecule has 0 bridgehead atoms. The number of esters is 1. The first kappa shape index (κ1) is 18.0. The van der Waals surface area contributed by atoms with Crippen molar-refractivity contribution >= 4 is 29.0 Å². The van der Waals surface area contributed by atoms with E-state index in [4.69, 9.17) is 4.74 Å². The molecule has 3 aromatic rings. The van der Waals surface area contributed by atoms with Crippen molar-refractivity contribution in [3.05, 3.63) is 47.0 Å². The van der Waals surface area contributed by atoms with Crippen molar-refractivity contribution in [1.29, 1.82) is 0 Å². The Labute approximate surface area is 164 Å². The lowest BCUT2D eigenvalue weighted by Crippen LogP contribution is -2.50. The fourth-order valence-electron chi connectivity index (χ4n) is 2.92. The van der Waals surface area contributed by atoms with Gasteiger partial charge in [0, 0.05) is 32.4 Å². The summed E-state index contributed by atoms with van der Waals surface area (Å²) in [6.45, 7) is 2.19. The molecule has 144 valence electrons. The first-order chi connectivity index (χ1) is 13.7. The Balaban J connectivity index is 1.30. The molecule has 0 radical (unpaired) electrons. The fraction of sp³-hybridized carbons (Fsp3) is 0.294. The maximum Gasteiger partial charge on any atom is 0.351 e. The van der Waals surface area contributed by atoms with Gasteiger partial charge in [0.25, 0.3) is 5.91 Å². The van der Waals surface area contributed by atoms with Crippen molar-refractivity contribution in [2.24, 2.45) is 0 Å². The van der Waals surface area contributed by atoms with Gasteiger partial charge in [-0.1, -0.05) is 6.07 Å². The number of hydrogen-bond donors (Lipinski definition) is 0. The number of pyridine rings is 1. The van der Waals surface area contributed by atoms with Crippen LogP contribution in [0.5, 0.6) is 0 Å². The quantitative estimate of drug-likeness (QED) is 0.575. The largest absolute Gasteiger partial charge is 0.451 e. The molecule has 1 fully saturated rings. The maximum atomic E-state index is 12.4. The second kappa shape index (κ2) is 8.13. The normalized spacial score (nSPS) is 14.1. The summed E-state index contributed by atoms with van der Waals surface area (Å²) in [6, 6.07) is 7.47. The Bertz CT molecular complexity index is 937. The Morgan fingerprint density at radius 1 is 1.14 bits per heavy atom. The number of hydrogen-bond acceptors (Lipinski definition) is 9. The summed E-state index contributed by atoms with van der Waals surface area (Å²) in [5.74, 6) is 0.115. The van der Waals surface area contributed by atoms with Gasteiger partial charge in [-0.25, -0.2) is 9.78 Å². The van der Waals surface area contributed by atoms with Gasteiger partial charge in [-0.15, -0.1) is 16.4 Å². The zero-order valence-corrected chi connectivity index (χ0v) is 15.7. The number of rotatable bonds is 5. The summed E-state index contributed by atoms with van der Waals surface area (Å²) < 4.78 is 6.60. The highest BCUT2D eigenvalue weighted by Crippen LogP contribution is 2.21. The van der Waals surface area contributed by atoms with Crippen molar-refractivity contribution in [2.45, 2.75) is 0 Å². The zero-order valence-electron chi connectivity index (χ0n) is 14.8. The van der Waals surface area contributed by atoms with Gasteiger partial charge in [-0.05, 0) is 34.0 Å². The lowest BCUT2D eigenvalue weighted by atomic mass is 10.3. The molecule has 1 amide bonds. The van der Waals surface area contributed by atoms with Crippen LogP contribution in [0.2, 0.25) is 0 Å². The molecule has 0 spiro atoms. The number of tetrazole rings is 1. The molecule has 0 N–H and O–H groups in total. The van der Waals surface area contributed by atoms with E-state index in [1.165, 1.54) is 22.3 Å². The summed E-state index contributed by atoms with van der Waals surface area (Å²) in [5, 5.41) is 12.6. The standard InChI is InChI=1S/C17H17N7O3S/c25-15(23-8-6-22(7-9-23)14-3-1-2-5-18-14)11-27-17(26)16-13(4-10-28-16)24-12-19-20-21-24/h1-5,10,12H,6-9,11H2. The summed E-state index contributed by atoms with van der Waals surface area (Å²) in [5.41, 5.74) is 0.524. The van der Waals surface area contributed by atoms with Crippen molar-refractivity contribution in [3.8, 4) is 5.69 Å². The lowest BCUT2D eigenvalue weighted by molar-refractivity contribution is -0.134. The van der Waals surface area contributed by atoms with E-state index in [-0.39, 0.29) is 12.5 Å². The van der Waals surface area contributed by atoms with E-state index < -0.39 is 5.97 Å². The van der Waals surface area contributed by atoms with Gasteiger partial charge in [-0.3, -0.25) is 4.79 Å². The molecule has 10 nitrogen and oxygen atoms in total. The van der Waals surface area contributed by atoms with Crippen LogP contribution in [0.3, 0.4) is 0 Å². The van der Waals surface area contributed by atoms with Crippen molar-refractivity contribution in [1.82, 2.24) is 30.1 Å². The summed E-state index contributed by atoms with van der Waals surface area (Å²) in [6.07, 6.45) is 3.14. The molecule has 0 atom stereocenters. The van der Waals surface area contributed by atoms with Crippen LogP contribution in [-0.4, -0.2) is 74.8 Å².